The van der Waals surface area contributed by atoms with Gasteiger partial charge in [-0.25, -0.2) is 14.4 Å². The fraction of sp³-hybridized carbons (Fsp3) is 0.692. The first kappa shape index (κ1) is 15.2. The average Bonchev–Trinajstić information content (AvgIpc) is 2.28. The van der Waals surface area contributed by atoms with Crippen molar-refractivity contribution in [2.24, 2.45) is 0 Å². The van der Waals surface area contributed by atoms with Crippen molar-refractivity contribution in [3.05, 3.63) is 17.3 Å². The van der Waals surface area contributed by atoms with Gasteiger partial charge in [-0.2, -0.15) is 0 Å². The van der Waals surface area contributed by atoms with Gasteiger partial charge in [0.05, 0.1) is 11.4 Å². The number of thioether (sulfide) groups is 1. The highest BCUT2D eigenvalue weighted by Crippen LogP contribution is 2.26. The lowest BCUT2D eigenvalue weighted by Crippen LogP contribution is -2.12. The number of aromatic nitrogens is 2. The molecule has 0 aliphatic heterocycles. The molecule has 5 heteroatoms. The quantitative estimate of drug-likeness (QED) is 0.884. The molecule has 0 aliphatic carbocycles. The Balaban J connectivity index is 2.83. The van der Waals surface area contributed by atoms with Crippen LogP contribution in [0.5, 0.6) is 0 Å². The number of aryl methyl sites for hydroxylation is 1. The second-order valence-electron chi connectivity index (χ2n) is 5.22. The summed E-state index contributed by atoms with van der Waals surface area (Å²) >= 11 is 1.76. The Labute approximate surface area is 113 Å². The highest BCUT2D eigenvalue weighted by molar-refractivity contribution is 7.99. The third-order valence-corrected chi connectivity index (χ3v) is 3.51. The van der Waals surface area contributed by atoms with Crippen LogP contribution in [0.2, 0.25) is 0 Å². The van der Waals surface area contributed by atoms with Crippen LogP contribution >= 0.6 is 11.8 Å². The minimum Gasteiger partial charge on any atom is -0.368 e. The third kappa shape index (κ3) is 4.80. The maximum absolute atomic E-state index is 13.8. The van der Waals surface area contributed by atoms with E-state index in [-0.39, 0.29) is 10.6 Å². The van der Waals surface area contributed by atoms with Crippen LogP contribution < -0.4 is 5.32 Å². The van der Waals surface area contributed by atoms with Gasteiger partial charge in [0, 0.05) is 11.3 Å². The number of halogens is 1. The smallest absolute Gasteiger partial charge is 0.186 e. The van der Waals surface area contributed by atoms with Crippen LogP contribution in [0.4, 0.5) is 10.2 Å². The van der Waals surface area contributed by atoms with Gasteiger partial charge < -0.3 is 5.32 Å². The molecule has 1 N–H and O–H groups in total. The zero-order valence-corrected chi connectivity index (χ0v) is 12.6. The normalized spacial score (nSPS) is 11.7. The first-order valence-corrected chi connectivity index (χ1v) is 7.23. The Morgan fingerprint density at radius 1 is 1.28 bits per heavy atom. The van der Waals surface area contributed by atoms with Gasteiger partial charge in [0.1, 0.15) is 5.82 Å². The summed E-state index contributed by atoms with van der Waals surface area (Å²) in [7, 11) is 0. The van der Waals surface area contributed by atoms with Crippen LogP contribution in [0.3, 0.4) is 0 Å². The van der Waals surface area contributed by atoms with E-state index < -0.39 is 0 Å². The van der Waals surface area contributed by atoms with Gasteiger partial charge in [0.15, 0.2) is 11.6 Å². The number of nitrogens with one attached hydrogen (secondary N) is 1. The fourth-order valence-electron chi connectivity index (χ4n) is 1.32. The molecule has 102 valence electrons. The van der Waals surface area contributed by atoms with Gasteiger partial charge in [-0.1, -0.05) is 27.7 Å². The minimum atomic E-state index is -0.340. The van der Waals surface area contributed by atoms with E-state index in [0.29, 0.717) is 23.1 Å². The first-order chi connectivity index (χ1) is 8.33. The van der Waals surface area contributed by atoms with E-state index in [1.165, 1.54) is 0 Å². The van der Waals surface area contributed by atoms with Crippen molar-refractivity contribution in [3.63, 3.8) is 0 Å². The van der Waals surface area contributed by atoms with Gasteiger partial charge in [0.25, 0.3) is 0 Å². The van der Waals surface area contributed by atoms with Crippen molar-refractivity contribution in [1.82, 2.24) is 9.97 Å². The van der Waals surface area contributed by atoms with Crippen LogP contribution in [0.1, 0.15) is 45.6 Å². The lowest BCUT2D eigenvalue weighted by atomic mass is 10.3. The molecule has 0 saturated heterocycles. The van der Waals surface area contributed by atoms with Crippen molar-refractivity contribution >= 4 is 17.6 Å². The van der Waals surface area contributed by atoms with E-state index >= 15 is 0 Å². The molecule has 0 aromatic carbocycles. The summed E-state index contributed by atoms with van der Waals surface area (Å²) in [5.74, 6) is 1.38. The summed E-state index contributed by atoms with van der Waals surface area (Å²) in [5.41, 5.74) is 0.410. The van der Waals surface area contributed by atoms with Crippen molar-refractivity contribution in [2.75, 3.05) is 11.9 Å². The molecule has 1 aromatic rings. The molecule has 0 amide bonds. The van der Waals surface area contributed by atoms with Gasteiger partial charge in [-0.15, -0.1) is 11.8 Å². The van der Waals surface area contributed by atoms with Gasteiger partial charge in [-0.3, -0.25) is 0 Å². The number of hydrogen-bond donors (Lipinski definition) is 1. The van der Waals surface area contributed by atoms with E-state index in [1.54, 1.807) is 18.7 Å². The number of hydrogen-bond acceptors (Lipinski definition) is 4. The molecule has 0 saturated carbocycles. The van der Waals surface area contributed by atoms with Crippen LogP contribution in [0, 0.1) is 12.7 Å². The molecular weight excluding hydrogens is 249 g/mol. The molecular formula is C13H22FN3S. The standard InChI is InChI=1S/C13H22FN3S/c1-6-7-15-12-11(14)9(2)16-10(17-12)8-18-13(3,4)5/h6-8H2,1-5H3,(H,15,16,17). The zero-order valence-electron chi connectivity index (χ0n) is 11.8. The Morgan fingerprint density at radius 3 is 2.50 bits per heavy atom. The Kier molecular flexibility index (Phi) is 5.38. The highest BCUT2D eigenvalue weighted by atomic mass is 32.2. The molecule has 0 unspecified atom stereocenters. The maximum Gasteiger partial charge on any atom is 0.186 e. The topological polar surface area (TPSA) is 37.8 Å². The van der Waals surface area contributed by atoms with Crippen LogP contribution in [0.25, 0.3) is 0 Å². The second kappa shape index (κ2) is 6.36. The van der Waals surface area contributed by atoms with E-state index in [4.69, 9.17) is 0 Å². The van der Waals surface area contributed by atoms with Crippen LogP contribution in [0.15, 0.2) is 0 Å². The number of anilines is 1. The summed E-state index contributed by atoms with van der Waals surface area (Å²) in [5, 5.41) is 3.01. The largest absolute Gasteiger partial charge is 0.368 e. The third-order valence-electron chi connectivity index (χ3n) is 2.24. The first-order valence-electron chi connectivity index (χ1n) is 6.24. The Morgan fingerprint density at radius 2 is 1.94 bits per heavy atom. The molecule has 1 heterocycles. The summed E-state index contributed by atoms with van der Waals surface area (Å²) < 4.78 is 13.9. The SMILES string of the molecule is CCCNc1nc(CSC(C)(C)C)nc(C)c1F. The molecule has 0 spiro atoms. The Bertz CT molecular complexity index is 402. The molecule has 0 aliphatic rings. The summed E-state index contributed by atoms with van der Waals surface area (Å²) in [4.78, 5) is 8.45. The molecule has 1 rings (SSSR count). The average molecular weight is 271 g/mol. The fourth-order valence-corrected chi connectivity index (χ4v) is 2.01. The second-order valence-corrected chi connectivity index (χ2v) is 7.02. The lowest BCUT2D eigenvalue weighted by Gasteiger charge is -2.17. The number of rotatable bonds is 5. The van der Waals surface area contributed by atoms with Crippen LogP contribution in [-0.4, -0.2) is 21.3 Å². The van der Waals surface area contributed by atoms with Crippen LogP contribution in [-0.2, 0) is 5.75 Å². The molecule has 18 heavy (non-hydrogen) atoms. The van der Waals surface area contributed by atoms with Crippen molar-refractivity contribution in [3.8, 4) is 0 Å². The lowest BCUT2D eigenvalue weighted by molar-refractivity contribution is 0.601. The predicted octanol–water partition coefficient (Wildman–Crippen LogP) is 3.78. The maximum atomic E-state index is 13.8. The van der Waals surface area contributed by atoms with E-state index in [0.717, 1.165) is 13.0 Å². The summed E-state index contributed by atoms with van der Waals surface area (Å²) in [6.07, 6.45) is 0.939. The molecule has 0 fully saturated rings. The molecule has 0 bridgehead atoms. The van der Waals surface area contributed by atoms with Crippen molar-refractivity contribution in [2.45, 2.75) is 51.5 Å². The van der Waals surface area contributed by atoms with E-state index in [9.17, 15) is 4.39 Å². The molecule has 3 nitrogen and oxygen atoms in total. The summed E-state index contributed by atoms with van der Waals surface area (Å²) in [6, 6.07) is 0. The van der Waals surface area contributed by atoms with Crippen molar-refractivity contribution in [1.29, 1.82) is 0 Å². The number of nitrogens with zero attached hydrogens (tertiary/aromatic N) is 2. The van der Waals surface area contributed by atoms with E-state index in [2.05, 4.69) is 36.1 Å². The Hall–Kier alpha value is -0.840. The van der Waals surface area contributed by atoms with E-state index in [1.807, 2.05) is 6.92 Å². The molecule has 0 atom stereocenters. The highest BCUT2D eigenvalue weighted by Gasteiger charge is 2.15. The zero-order chi connectivity index (χ0) is 13.8. The molecule has 0 radical (unpaired) electrons. The van der Waals surface area contributed by atoms with Gasteiger partial charge in [-0.05, 0) is 13.3 Å². The van der Waals surface area contributed by atoms with Gasteiger partial charge >= 0.3 is 0 Å². The predicted molar refractivity (Wildman–Crippen MR) is 76.6 cm³/mol. The minimum absolute atomic E-state index is 0.155. The molecule has 1 aromatic heterocycles. The monoisotopic (exact) mass is 271 g/mol. The van der Waals surface area contributed by atoms with Crippen molar-refractivity contribution < 1.29 is 4.39 Å². The van der Waals surface area contributed by atoms with Gasteiger partial charge in [0.2, 0.25) is 0 Å². The summed E-state index contributed by atoms with van der Waals surface area (Å²) in [6.45, 7) is 10.9.